The lowest BCUT2D eigenvalue weighted by Crippen LogP contribution is -2.07. The van der Waals surface area contributed by atoms with Crippen LogP contribution in [-0.4, -0.2) is 23.7 Å². The van der Waals surface area contributed by atoms with Gasteiger partial charge in [-0.25, -0.2) is 9.18 Å². The number of carboxylic acids is 1. The zero-order valence-electron chi connectivity index (χ0n) is 13.8. The zero-order chi connectivity index (χ0) is 18.7. The second-order valence-corrected chi connectivity index (χ2v) is 15.0. The molecule has 0 aliphatic carbocycles. The Balaban J connectivity index is 2.21. The molecule has 1 N–H and O–H groups in total. The molecule has 8 heteroatoms. The van der Waals surface area contributed by atoms with Crippen molar-refractivity contribution in [1.82, 2.24) is 0 Å². The Morgan fingerprint density at radius 2 is 1.76 bits per heavy atom. The number of hydrogen-bond acceptors (Lipinski definition) is 2. The van der Waals surface area contributed by atoms with Crippen molar-refractivity contribution >= 4 is 51.3 Å². The SMILES string of the molecule is O=C(O)/C=C/c1ccc(F)c(OCCCCCCCC[Si](Cl)(Cl)Cl)c1. The van der Waals surface area contributed by atoms with Gasteiger partial charge < -0.3 is 9.84 Å². The molecule has 0 heterocycles. The predicted octanol–water partition coefficient (Wildman–Crippen LogP) is 6.30. The second-order valence-electron chi connectivity index (χ2n) is 5.70. The van der Waals surface area contributed by atoms with Crippen LogP contribution >= 0.6 is 33.2 Å². The van der Waals surface area contributed by atoms with Gasteiger partial charge in [-0.1, -0.05) is 38.2 Å². The molecular weight excluding hydrogens is 406 g/mol. The molecule has 3 nitrogen and oxygen atoms in total. The summed E-state index contributed by atoms with van der Waals surface area (Å²) in [7, 11) is 0. The first kappa shape index (κ1) is 22.3. The van der Waals surface area contributed by atoms with E-state index >= 15 is 0 Å². The van der Waals surface area contributed by atoms with Crippen molar-refractivity contribution in [3.8, 4) is 5.75 Å². The minimum atomic E-state index is -2.47. The maximum absolute atomic E-state index is 13.7. The van der Waals surface area contributed by atoms with E-state index in [0.29, 0.717) is 18.2 Å². The molecule has 0 aliphatic heterocycles. The number of unbranched alkanes of at least 4 members (excludes halogenated alkanes) is 5. The molecule has 1 aromatic rings. The summed E-state index contributed by atoms with van der Waals surface area (Å²) < 4.78 is 19.1. The predicted molar refractivity (Wildman–Crippen MR) is 104 cm³/mol. The largest absolute Gasteiger partial charge is 0.490 e. The molecule has 0 amide bonds. The van der Waals surface area contributed by atoms with Crippen LogP contribution in [0, 0.1) is 5.82 Å². The highest BCUT2D eigenvalue weighted by atomic mass is 35.8. The summed E-state index contributed by atoms with van der Waals surface area (Å²) >= 11 is 17.5. The molecule has 0 radical (unpaired) electrons. The summed E-state index contributed by atoms with van der Waals surface area (Å²) in [5.74, 6) is -1.37. The van der Waals surface area contributed by atoms with E-state index in [-0.39, 0.29) is 5.75 Å². The van der Waals surface area contributed by atoms with E-state index in [4.69, 9.17) is 43.1 Å². The number of benzene rings is 1. The summed E-state index contributed by atoms with van der Waals surface area (Å²) in [6.07, 6.45) is 8.36. The second kappa shape index (κ2) is 11.8. The topological polar surface area (TPSA) is 46.5 Å². The molecule has 25 heavy (non-hydrogen) atoms. The van der Waals surface area contributed by atoms with Gasteiger partial charge in [0.05, 0.1) is 6.61 Å². The van der Waals surface area contributed by atoms with Crippen LogP contribution in [0.2, 0.25) is 6.04 Å². The fraction of sp³-hybridized carbons (Fsp3) is 0.471. The van der Waals surface area contributed by atoms with E-state index in [9.17, 15) is 9.18 Å². The number of carboxylic acid groups (broad SMARTS) is 1. The molecule has 0 aliphatic rings. The Labute approximate surface area is 162 Å². The molecule has 0 bridgehead atoms. The smallest absolute Gasteiger partial charge is 0.341 e. The summed E-state index contributed by atoms with van der Waals surface area (Å²) in [5, 5.41) is 8.61. The first-order chi connectivity index (χ1) is 11.8. The molecule has 1 rings (SSSR count). The Morgan fingerprint density at radius 1 is 1.12 bits per heavy atom. The van der Waals surface area contributed by atoms with E-state index in [1.165, 1.54) is 24.3 Å². The Hall–Kier alpha value is -0.753. The van der Waals surface area contributed by atoms with Crippen LogP contribution < -0.4 is 4.74 Å². The van der Waals surface area contributed by atoms with Crippen LogP contribution in [0.25, 0.3) is 6.08 Å². The average Bonchev–Trinajstić information content (AvgIpc) is 2.52. The number of ether oxygens (including phenoxy) is 1. The third kappa shape index (κ3) is 11.5. The van der Waals surface area contributed by atoms with Crippen LogP contribution in [0.3, 0.4) is 0 Å². The third-order valence-corrected chi connectivity index (χ3v) is 6.11. The fourth-order valence-electron chi connectivity index (χ4n) is 2.22. The van der Waals surface area contributed by atoms with Gasteiger partial charge in [-0.05, 0) is 36.2 Å². The number of hydrogen-bond donors (Lipinski definition) is 1. The standard InChI is InChI=1S/C17H22Cl3FO3Si/c18-25(19,20)12-6-4-2-1-3-5-11-24-16-13-14(7-9-15(16)21)8-10-17(22)23/h7-10,13H,1-6,11-12H2,(H,22,23)/b10-8+. The van der Waals surface area contributed by atoms with Gasteiger partial charge in [0.15, 0.2) is 11.6 Å². The maximum atomic E-state index is 13.7. The molecule has 1 aromatic carbocycles. The zero-order valence-corrected chi connectivity index (χ0v) is 17.1. The number of rotatable bonds is 12. The Morgan fingerprint density at radius 3 is 2.40 bits per heavy atom. The van der Waals surface area contributed by atoms with Gasteiger partial charge in [0.2, 0.25) is 0 Å². The number of carbonyl (C=O) groups is 1. The van der Waals surface area contributed by atoms with Crippen molar-refractivity contribution in [2.24, 2.45) is 0 Å². The van der Waals surface area contributed by atoms with Crippen LogP contribution in [0.15, 0.2) is 24.3 Å². The minimum absolute atomic E-state index is 0.139. The Bertz CT molecular complexity index is 577. The Kier molecular flexibility index (Phi) is 10.5. The van der Waals surface area contributed by atoms with Gasteiger partial charge in [0.1, 0.15) is 0 Å². The maximum Gasteiger partial charge on any atom is 0.341 e. The third-order valence-electron chi connectivity index (χ3n) is 3.49. The highest BCUT2D eigenvalue weighted by Crippen LogP contribution is 2.27. The van der Waals surface area contributed by atoms with E-state index in [0.717, 1.165) is 44.6 Å². The van der Waals surface area contributed by atoms with Crippen molar-refractivity contribution in [3.63, 3.8) is 0 Å². The first-order valence-corrected chi connectivity index (χ1v) is 13.4. The lowest BCUT2D eigenvalue weighted by Gasteiger charge is -2.09. The van der Waals surface area contributed by atoms with Gasteiger partial charge in [-0.2, -0.15) is 0 Å². The van der Waals surface area contributed by atoms with Crippen molar-refractivity contribution in [2.45, 2.75) is 44.6 Å². The summed E-state index contributed by atoms with van der Waals surface area (Å²) in [4.78, 5) is 10.5. The van der Waals surface area contributed by atoms with E-state index in [1.807, 2.05) is 0 Å². The fourth-order valence-corrected chi connectivity index (χ4v) is 4.07. The minimum Gasteiger partial charge on any atom is -0.490 e. The molecule has 0 aromatic heterocycles. The molecule has 0 unspecified atom stereocenters. The first-order valence-electron chi connectivity index (χ1n) is 8.18. The average molecular weight is 428 g/mol. The lowest BCUT2D eigenvalue weighted by molar-refractivity contribution is -0.131. The lowest BCUT2D eigenvalue weighted by atomic mass is 10.1. The molecule has 0 saturated carbocycles. The van der Waals surface area contributed by atoms with Crippen molar-refractivity contribution < 1.29 is 19.0 Å². The van der Waals surface area contributed by atoms with E-state index in [1.54, 1.807) is 0 Å². The van der Waals surface area contributed by atoms with Crippen molar-refractivity contribution in [1.29, 1.82) is 0 Å². The van der Waals surface area contributed by atoms with Gasteiger partial charge >= 0.3 is 12.0 Å². The highest BCUT2D eigenvalue weighted by molar-refractivity contribution is 7.64. The monoisotopic (exact) mass is 426 g/mol. The molecule has 0 atom stereocenters. The van der Waals surface area contributed by atoms with Crippen LogP contribution in [0.5, 0.6) is 5.75 Å². The molecular formula is C17H22Cl3FO3Si. The normalized spacial score (nSPS) is 11.8. The van der Waals surface area contributed by atoms with E-state index < -0.39 is 17.8 Å². The van der Waals surface area contributed by atoms with Gasteiger partial charge in [-0.15, -0.1) is 33.2 Å². The highest BCUT2D eigenvalue weighted by Gasteiger charge is 2.23. The molecule has 0 spiro atoms. The molecule has 0 fully saturated rings. The summed E-state index contributed by atoms with van der Waals surface area (Å²) in [6, 6.07) is 2.49. The quantitative estimate of drug-likeness (QED) is 0.184. The number of aliphatic carboxylic acids is 1. The summed E-state index contributed by atoms with van der Waals surface area (Å²) in [6.45, 7) is 0.421. The van der Waals surface area contributed by atoms with Gasteiger partial charge in [0.25, 0.3) is 0 Å². The van der Waals surface area contributed by atoms with Crippen LogP contribution in [-0.2, 0) is 4.79 Å². The van der Waals surface area contributed by atoms with Gasteiger partial charge in [0, 0.05) is 6.08 Å². The van der Waals surface area contributed by atoms with Crippen LogP contribution in [0.1, 0.15) is 44.1 Å². The van der Waals surface area contributed by atoms with E-state index in [2.05, 4.69) is 0 Å². The molecule has 0 saturated heterocycles. The molecule has 140 valence electrons. The van der Waals surface area contributed by atoms with Crippen molar-refractivity contribution in [2.75, 3.05) is 6.61 Å². The van der Waals surface area contributed by atoms with Crippen molar-refractivity contribution in [3.05, 3.63) is 35.7 Å². The van der Waals surface area contributed by atoms with Crippen LogP contribution in [0.4, 0.5) is 4.39 Å². The van der Waals surface area contributed by atoms with Gasteiger partial charge in [-0.3, -0.25) is 0 Å². The number of halogens is 4. The summed E-state index contributed by atoms with van der Waals surface area (Å²) in [5.41, 5.74) is 0.580.